The molecule has 2 fully saturated rings. The van der Waals surface area contributed by atoms with Crippen LogP contribution in [0.1, 0.15) is 31.0 Å². The van der Waals surface area contributed by atoms with Crippen LogP contribution in [0, 0.1) is 0 Å². The van der Waals surface area contributed by atoms with E-state index in [1.54, 1.807) is 6.07 Å². The van der Waals surface area contributed by atoms with E-state index < -0.39 is 18.3 Å². The lowest BCUT2D eigenvalue weighted by molar-refractivity contribution is -0.127. The zero-order valence-electron chi connectivity index (χ0n) is 20.1. The van der Waals surface area contributed by atoms with Gasteiger partial charge in [0.25, 0.3) is 0 Å². The normalized spacial score (nSPS) is 20.3. The van der Waals surface area contributed by atoms with Crippen molar-refractivity contribution < 1.29 is 18.7 Å². The van der Waals surface area contributed by atoms with Crippen LogP contribution in [0.2, 0.25) is 0 Å². The van der Waals surface area contributed by atoms with E-state index in [4.69, 9.17) is 4.74 Å². The number of anilines is 2. The monoisotopic (exact) mass is 482 g/mol. The summed E-state index contributed by atoms with van der Waals surface area (Å²) in [5.41, 5.74) is 2.25. The summed E-state index contributed by atoms with van der Waals surface area (Å²) in [6.45, 7) is 10.9. The van der Waals surface area contributed by atoms with Crippen molar-refractivity contribution in [3.63, 3.8) is 0 Å². The van der Waals surface area contributed by atoms with Crippen LogP contribution in [0.5, 0.6) is 0 Å². The largest absolute Gasteiger partial charge is 0.447 e. The van der Waals surface area contributed by atoms with Crippen molar-refractivity contribution in [3.8, 4) is 0 Å². The zero-order chi connectivity index (χ0) is 24.9. The number of halogens is 1. The number of alkyl halides is 1. The molecule has 4 rings (SSSR count). The van der Waals surface area contributed by atoms with Gasteiger partial charge >= 0.3 is 6.09 Å². The summed E-state index contributed by atoms with van der Waals surface area (Å²) in [6, 6.07) is 9.09. The third-order valence-corrected chi connectivity index (χ3v) is 6.41. The first-order valence-corrected chi connectivity index (χ1v) is 11.8. The molecule has 0 radical (unpaired) electrons. The van der Waals surface area contributed by atoms with E-state index in [9.17, 15) is 14.0 Å². The number of nitrogens with one attached hydrogen (secondary N) is 1. The average molecular weight is 483 g/mol. The van der Waals surface area contributed by atoms with Crippen LogP contribution in [0.15, 0.2) is 49.2 Å². The Labute approximate surface area is 204 Å². The summed E-state index contributed by atoms with van der Waals surface area (Å²) in [4.78, 5) is 37.9. The molecule has 2 amide bonds. The molecular formula is C25H31FN6O3. The highest BCUT2D eigenvalue weighted by atomic mass is 19.1. The molecule has 0 bridgehead atoms. The fourth-order valence-corrected chi connectivity index (χ4v) is 4.29. The van der Waals surface area contributed by atoms with Gasteiger partial charge in [-0.2, -0.15) is 4.98 Å². The maximum absolute atomic E-state index is 13.9. The molecule has 3 atom stereocenters. The quantitative estimate of drug-likeness (QED) is 0.578. The summed E-state index contributed by atoms with van der Waals surface area (Å²) in [7, 11) is 0. The highest BCUT2D eigenvalue weighted by Gasteiger charge is 2.39. The number of piperazine rings is 1. The molecule has 0 saturated carbocycles. The number of rotatable bonds is 8. The lowest BCUT2D eigenvalue weighted by Crippen LogP contribution is -2.47. The Bertz CT molecular complexity index is 1060. The van der Waals surface area contributed by atoms with Crippen molar-refractivity contribution in [2.45, 2.75) is 38.6 Å². The highest BCUT2D eigenvalue weighted by Crippen LogP contribution is 2.26. The Kier molecular flexibility index (Phi) is 7.60. The van der Waals surface area contributed by atoms with Crippen molar-refractivity contribution in [2.75, 3.05) is 43.0 Å². The minimum absolute atomic E-state index is 0.00531. The summed E-state index contributed by atoms with van der Waals surface area (Å²) < 4.78 is 18.9. The number of aromatic nitrogens is 2. The van der Waals surface area contributed by atoms with E-state index in [0.717, 1.165) is 25.2 Å². The fourth-order valence-electron chi connectivity index (χ4n) is 4.29. The molecule has 1 N–H and O–H groups in total. The summed E-state index contributed by atoms with van der Waals surface area (Å²) in [5, 5.41) is 3.25. The third kappa shape index (κ3) is 5.76. The molecular weight excluding hydrogens is 451 g/mol. The lowest BCUT2D eigenvalue weighted by atomic mass is 10.1. The number of nitrogens with zero attached hydrogens (tertiary/aromatic N) is 5. The van der Waals surface area contributed by atoms with E-state index in [1.165, 1.54) is 29.7 Å². The Morgan fingerprint density at radius 3 is 2.60 bits per heavy atom. The number of hydrogen-bond acceptors (Lipinski definition) is 7. The van der Waals surface area contributed by atoms with Crippen LogP contribution < -0.4 is 10.2 Å². The molecule has 1 aromatic carbocycles. The predicted molar refractivity (Wildman–Crippen MR) is 131 cm³/mol. The molecule has 2 aliphatic heterocycles. The molecule has 0 spiro atoms. The second-order valence-corrected chi connectivity index (χ2v) is 8.84. The molecule has 2 aliphatic rings. The molecule has 186 valence electrons. The van der Waals surface area contributed by atoms with Gasteiger partial charge in [0.1, 0.15) is 24.6 Å². The molecule has 35 heavy (non-hydrogen) atoms. The topological polar surface area (TPSA) is 90.9 Å². The predicted octanol–water partition coefficient (Wildman–Crippen LogP) is 3.16. The van der Waals surface area contributed by atoms with Crippen molar-refractivity contribution in [3.05, 3.63) is 60.3 Å². The van der Waals surface area contributed by atoms with E-state index in [2.05, 4.69) is 51.0 Å². The Morgan fingerprint density at radius 1 is 1.23 bits per heavy atom. The number of carbonyl (C=O) groups is 2. The Balaban J connectivity index is 1.35. The van der Waals surface area contributed by atoms with Gasteiger partial charge in [-0.05, 0) is 37.1 Å². The SMILES string of the molecule is C=CC(=O)N1CCN(Cc2ccc([C@H](C)Nc3nccc(N4C(=O)OCC4[C@@H](C)F)n3)cc2)CC1. The van der Waals surface area contributed by atoms with E-state index in [1.807, 2.05) is 11.8 Å². The number of hydrogen-bond donors (Lipinski definition) is 1. The van der Waals surface area contributed by atoms with Gasteiger partial charge in [-0.25, -0.2) is 14.2 Å². The maximum atomic E-state index is 13.9. The molecule has 2 aromatic rings. The fraction of sp³-hybridized carbons (Fsp3) is 0.440. The molecule has 2 saturated heterocycles. The second kappa shape index (κ2) is 10.8. The average Bonchev–Trinajstić information content (AvgIpc) is 3.26. The molecule has 9 nitrogen and oxygen atoms in total. The van der Waals surface area contributed by atoms with E-state index in [0.29, 0.717) is 24.9 Å². The number of cyclic esters (lactones) is 1. The standard InChI is InChI=1S/C25H31FN6O3/c1-4-23(33)31-13-11-30(12-14-31)15-19-5-7-20(8-6-19)18(3)28-24-27-10-9-22(29-24)32-21(17(2)26)16-35-25(32)34/h4-10,17-18,21H,1,11-16H2,2-3H3,(H,27,28,29)/t17-,18+,21?/m1/s1. The smallest absolute Gasteiger partial charge is 0.416 e. The van der Waals surface area contributed by atoms with Gasteiger partial charge in [-0.3, -0.25) is 14.6 Å². The van der Waals surface area contributed by atoms with Gasteiger partial charge in [-0.1, -0.05) is 30.8 Å². The number of carbonyl (C=O) groups excluding carboxylic acids is 2. The van der Waals surface area contributed by atoms with Gasteiger partial charge in [0.15, 0.2) is 0 Å². The number of amides is 2. The number of ether oxygens (including phenoxy) is 1. The van der Waals surface area contributed by atoms with Crippen molar-refractivity contribution in [1.82, 2.24) is 19.8 Å². The molecule has 1 unspecified atom stereocenters. The van der Waals surface area contributed by atoms with Crippen LogP contribution in [0.25, 0.3) is 0 Å². The summed E-state index contributed by atoms with van der Waals surface area (Å²) in [6.07, 6.45) is 1.05. The minimum atomic E-state index is -1.25. The van der Waals surface area contributed by atoms with Crippen molar-refractivity contribution >= 4 is 23.8 Å². The third-order valence-electron chi connectivity index (χ3n) is 6.41. The van der Waals surface area contributed by atoms with E-state index >= 15 is 0 Å². The van der Waals surface area contributed by atoms with Gasteiger partial charge in [0, 0.05) is 38.9 Å². The number of benzene rings is 1. The van der Waals surface area contributed by atoms with Gasteiger partial charge in [0.05, 0.1) is 6.04 Å². The van der Waals surface area contributed by atoms with Crippen LogP contribution in [-0.2, 0) is 16.1 Å². The molecule has 10 heteroatoms. The van der Waals surface area contributed by atoms with Gasteiger partial charge < -0.3 is 15.0 Å². The van der Waals surface area contributed by atoms with Crippen LogP contribution in [0.3, 0.4) is 0 Å². The maximum Gasteiger partial charge on any atom is 0.416 e. The van der Waals surface area contributed by atoms with Gasteiger partial charge in [0.2, 0.25) is 11.9 Å². The first-order valence-electron chi connectivity index (χ1n) is 11.8. The summed E-state index contributed by atoms with van der Waals surface area (Å²) in [5.74, 6) is 0.634. The minimum Gasteiger partial charge on any atom is -0.447 e. The first kappa shape index (κ1) is 24.6. The second-order valence-electron chi connectivity index (χ2n) is 8.84. The molecule has 1 aromatic heterocycles. The molecule has 3 heterocycles. The van der Waals surface area contributed by atoms with Crippen molar-refractivity contribution in [1.29, 1.82) is 0 Å². The Hall–Kier alpha value is -3.53. The molecule has 0 aliphatic carbocycles. The highest BCUT2D eigenvalue weighted by molar-refractivity contribution is 5.89. The Morgan fingerprint density at radius 2 is 1.94 bits per heavy atom. The zero-order valence-corrected chi connectivity index (χ0v) is 20.1. The van der Waals surface area contributed by atoms with E-state index in [-0.39, 0.29) is 18.6 Å². The van der Waals surface area contributed by atoms with Crippen LogP contribution >= 0.6 is 0 Å². The lowest BCUT2D eigenvalue weighted by Gasteiger charge is -2.34. The first-order chi connectivity index (χ1) is 16.9. The van der Waals surface area contributed by atoms with Crippen LogP contribution in [-0.4, -0.2) is 76.8 Å². The van der Waals surface area contributed by atoms with Crippen molar-refractivity contribution in [2.24, 2.45) is 0 Å². The van der Waals surface area contributed by atoms with Gasteiger partial charge in [-0.15, -0.1) is 0 Å². The summed E-state index contributed by atoms with van der Waals surface area (Å²) >= 11 is 0. The van der Waals surface area contributed by atoms with Crippen LogP contribution in [0.4, 0.5) is 21.0 Å².